The first-order chi connectivity index (χ1) is 65.3. The van der Waals surface area contributed by atoms with Gasteiger partial charge in [0.25, 0.3) is 11.8 Å². The van der Waals surface area contributed by atoms with Crippen LogP contribution in [0, 0.1) is 62.1 Å². The Labute approximate surface area is 804 Å². The van der Waals surface area contributed by atoms with Gasteiger partial charge in [-0.15, -0.1) is 5.06 Å². The zero-order valence-corrected chi connectivity index (χ0v) is 80.5. The van der Waals surface area contributed by atoms with Crippen molar-refractivity contribution in [3.63, 3.8) is 0 Å². The lowest BCUT2D eigenvalue weighted by Crippen LogP contribution is -2.69. The lowest BCUT2D eigenvalue weighted by Gasteiger charge is -2.71. The fourth-order valence-electron chi connectivity index (χ4n) is 23.9. The van der Waals surface area contributed by atoms with E-state index in [4.69, 9.17) is 85.4 Å². The van der Waals surface area contributed by atoms with Crippen molar-refractivity contribution in [1.29, 1.82) is 0 Å². The molecule has 794 valence electrons. The van der Waals surface area contributed by atoms with Crippen molar-refractivity contribution in [2.45, 2.75) is 418 Å². The second kappa shape index (κ2) is 44.7. The molecule has 8 aliphatic heterocycles. The highest BCUT2D eigenvalue weighted by molar-refractivity contribution is 7.80. The van der Waals surface area contributed by atoms with E-state index in [2.05, 4.69) is 13.0 Å². The summed E-state index contributed by atoms with van der Waals surface area (Å²) in [6.45, 7) is 17.6. The van der Waals surface area contributed by atoms with Crippen LogP contribution < -0.4 is 0 Å². The predicted molar refractivity (Wildman–Crippen MR) is 459 cm³/mol. The van der Waals surface area contributed by atoms with Crippen molar-refractivity contribution in [1.82, 2.24) is 5.06 Å². The van der Waals surface area contributed by atoms with Crippen LogP contribution in [0.15, 0.2) is 11.6 Å². The number of methoxy groups -OCH3 is 1. The van der Waals surface area contributed by atoms with Gasteiger partial charge in [0.15, 0.2) is 56.2 Å². The van der Waals surface area contributed by atoms with Gasteiger partial charge in [0, 0.05) is 26.4 Å². The first-order valence-corrected chi connectivity index (χ1v) is 49.2. The van der Waals surface area contributed by atoms with E-state index < -0.39 is 375 Å². The predicted octanol–water partition coefficient (Wildman–Crippen LogP) is -5.16. The minimum absolute atomic E-state index is 0.0175. The Kier molecular flexibility index (Phi) is 35.8. The number of nitrogens with zero attached hydrogens (tertiary/aromatic N) is 1. The molecule has 49 atom stereocenters. The average molecular weight is 2020 g/mol. The summed E-state index contributed by atoms with van der Waals surface area (Å²) in [6.07, 6.45) is -64.0. The number of imide groups is 1. The standard InChI is InChI=1S/C91H143NO46S/c1-13-36(3)45(125-56(102)25-40(97)24-46(37(4)14-2)127-81-65(111)61(107)49(32-94)128-81)23-39(96)26-57(103)126-47-27-58(104)131-83(72(47)133-80-67(113)63(109)70(38(5)124-80)132-79-69(115)71(121-12)44(99)34-123-79)137-85(118)91-22-21-86(6,7)29-42(91)41-15-16-52-87(8)19-18-54(88(9,35-95)51(87)17-20-89(52,10)90(41,11)30-53(91)100)130-84-75(136-82-66(112)62(108)60(106)48(31-93)129-82)73(134-78-64(110)59(105)43(98)33-122-78)68(114)74(135-84)77(117)138-92-55(101)28-50(76(92)116)139(119)120/h15,35-40,42-54,58-75,78-84,93-94,96-100,104-115H,13-14,16-34H2,1-12H3,(H,119,120)/p-1/t36-,37-,38?,39-,40-,42?,43?,44?,45-,46-,47?,48?,49?,50?,51?,52?,53+,54-,58?,59?,60?,61?,62?,63?,64?,65?,66?,67?,68?,69?,70?,71?,72?,73?,74?,75?,78?,79?,80?,81?,82?,83?,84?,87-,88-,89+,90+,91+/m0/s1. The van der Waals surface area contributed by atoms with E-state index in [9.17, 15) is 135 Å². The van der Waals surface area contributed by atoms with Crippen LogP contribution in [0.3, 0.4) is 0 Å². The molecule has 12 fully saturated rings. The molecular weight excluding hydrogens is 1880 g/mol. The smallest absolute Gasteiger partial charge is 0.364 e. The molecule has 0 radical (unpaired) electrons. The maximum Gasteiger partial charge on any atom is 0.364 e. The molecule has 19 N–H and O–H groups in total. The number of esters is 3. The van der Waals surface area contributed by atoms with E-state index in [-0.39, 0.29) is 74.9 Å². The second-order valence-electron chi connectivity index (χ2n) is 41.9. The molecule has 139 heavy (non-hydrogen) atoms. The fraction of sp³-hybridized carbons (Fsp3) is 0.901. The molecule has 2 amide bonds. The van der Waals surface area contributed by atoms with Crippen LogP contribution in [-0.4, -0.2) is 419 Å². The van der Waals surface area contributed by atoms with Crippen LogP contribution in [0.2, 0.25) is 0 Å². The molecule has 0 spiro atoms. The van der Waals surface area contributed by atoms with E-state index in [1.54, 1.807) is 27.7 Å². The molecular formula is C91H142NO46S-. The summed E-state index contributed by atoms with van der Waals surface area (Å²) in [5, 5.41) is 212. The Morgan fingerprint density at radius 3 is 1.80 bits per heavy atom. The Hall–Kier alpha value is -4.78. The van der Waals surface area contributed by atoms with Crippen molar-refractivity contribution >= 4 is 53.1 Å². The summed E-state index contributed by atoms with van der Waals surface area (Å²) in [4.78, 5) is 106. The fourth-order valence-corrected chi connectivity index (χ4v) is 24.5. The number of hydrogen-bond acceptors (Lipinski definition) is 46. The number of ether oxygens (including phenoxy) is 17. The van der Waals surface area contributed by atoms with E-state index >= 15 is 4.79 Å². The number of hydrogen-bond donors (Lipinski definition) is 19. The van der Waals surface area contributed by atoms with Gasteiger partial charge in [0.2, 0.25) is 6.29 Å². The summed E-state index contributed by atoms with van der Waals surface area (Å²) in [5.41, 5.74) is -5.98. The van der Waals surface area contributed by atoms with Gasteiger partial charge in [-0.1, -0.05) is 93.7 Å². The second-order valence-corrected chi connectivity index (χ2v) is 43.0. The van der Waals surface area contributed by atoms with Gasteiger partial charge in [-0.3, -0.25) is 28.2 Å². The van der Waals surface area contributed by atoms with E-state index in [0.717, 1.165) is 5.57 Å². The Morgan fingerprint density at radius 2 is 1.17 bits per heavy atom. The molecule has 48 heteroatoms. The third kappa shape index (κ3) is 22.0. The molecule has 13 aliphatic rings. The largest absolute Gasteiger partial charge is 0.772 e. The number of fused-ring (bicyclic) bond motifs is 7. The van der Waals surface area contributed by atoms with Crippen molar-refractivity contribution in [3.8, 4) is 0 Å². The molecule has 36 unspecified atom stereocenters. The van der Waals surface area contributed by atoms with E-state index in [1.165, 1.54) is 14.0 Å². The highest BCUT2D eigenvalue weighted by Crippen LogP contribution is 2.76. The molecule has 0 aromatic carbocycles. The minimum Gasteiger partial charge on any atom is -0.772 e. The van der Waals surface area contributed by atoms with Crippen LogP contribution >= 0.6 is 0 Å². The number of aliphatic hydroxyl groups is 19. The number of aliphatic hydroxyl groups excluding tert-OH is 19. The summed E-state index contributed by atoms with van der Waals surface area (Å²) < 4.78 is 127. The molecule has 0 bridgehead atoms. The summed E-state index contributed by atoms with van der Waals surface area (Å²) in [7, 11) is 1.23. The monoisotopic (exact) mass is 2020 g/mol. The zero-order chi connectivity index (χ0) is 102. The summed E-state index contributed by atoms with van der Waals surface area (Å²) in [6, 6.07) is 0. The molecule has 0 aromatic rings. The maximum atomic E-state index is 16.4. The summed E-state index contributed by atoms with van der Waals surface area (Å²) >= 11 is -3.22. The third-order valence-electron chi connectivity index (χ3n) is 32.8. The molecule has 13 rings (SSSR count). The van der Waals surface area contributed by atoms with E-state index in [1.807, 2.05) is 34.6 Å². The highest BCUT2D eigenvalue weighted by Gasteiger charge is 2.74. The Balaban J connectivity index is 0.768. The van der Waals surface area contributed by atoms with Crippen molar-refractivity contribution < 1.29 is 225 Å². The SMILES string of the molecule is CC[C@H](C)[C@H](C[C@H](O)CC(=O)OC1CC(O)OC(OC(=O)[C@]23CCC(C)(C)CC2C2=CCC4[C@@]5(C)CC[C@H](OC6OC(C(=O)ON7C(=O)CC(S(=O)[O-])C7=O)C(O)C(OC7OCC(O)C(O)C7O)C6OC6OC(CO)C(O)C(O)C6O)[C@@](C)(C=O)C5CC[C@@]4(C)[C@]2(C)C[C@H]3O)C1OC1OC(C)C(OC2OCC(O)C(OC)C2O)C(O)C1O)OC(=O)C[C@@H](O)C[C@H](OC1OC(CO)C(O)C1O)[C@@H](C)CC. The quantitative estimate of drug-likeness (QED) is 0.00537. The van der Waals surface area contributed by atoms with Crippen molar-refractivity contribution in [2.24, 2.45) is 62.1 Å². The number of carbonyl (C=O) groups is 7. The molecule has 0 aromatic heterocycles. The molecule has 8 saturated heterocycles. The van der Waals surface area contributed by atoms with Crippen LogP contribution in [0.5, 0.6) is 0 Å². The highest BCUT2D eigenvalue weighted by atomic mass is 32.2. The normalized spacial score (nSPS) is 46.6. The first kappa shape index (κ1) is 111. The Bertz CT molecular complexity index is 4270. The topological polar surface area (TPSA) is 713 Å². The van der Waals surface area contributed by atoms with Crippen LogP contribution in [0.25, 0.3) is 0 Å². The number of aldehydes is 1. The van der Waals surface area contributed by atoms with Gasteiger partial charge in [0.1, 0.15) is 145 Å². The summed E-state index contributed by atoms with van der Waals surface area (Å²) in [5.74, 6) is -10.4. The lowest BCUT2D eigenvalue weighted by molar-refractivity contribution is -0.392. The number of carbonyl (C=O) groups excluding carboxylic acids is 7. The van der Waals surface area contributed by atoms with E-state index in [0.29, 0.717) is 38.4 Å². The van der Waals surface area contributed by atoms with Gasteiger partial charge in [-0.2, -0.15) is 0 Å². The van der Waals surface area contributed by atoms with Gasteiger partial charge in [-0.05, 0) is 127 Å². The van der Waals surface area contributed by atoms with Crippen LogP contribution in [-0.2, 0) is 130 Å². The molecule has 47 nitrogen and oxygen atoms in total. The van der Waals surface area contributed by atoms with Crippen molar-refractivity contribution in [2.75, 3.05) is 33.5 Å². The first-order valence-electron chi connectivity index (χ1n) is 48.0. The number of amides is 2. The molecule has 8 heterocycles. The maximum absolute atomic E-state index is 16.4. The number of hydroxylamine groups is 2. The van der Waals surface area contributed by atoms with Gasteiger partial charge < -0.3 is 192 Å². The van der Waals surface area contributed by atoms with Crippen LogP contribution in [0.4, 0.5) is 0 Å². The van der Waals surface area contributed by atoms with Crippen molar-refractivity contribution in [3.05, 3.63) is 11.6 Å². The Morgan fingerprint density at radius 1 is 0.590 bits per heavy atom. The minimum atomic E-state index is -3.22. The average Bonchev–Trinajstić information content (AvgIpc) is 0.990. The van der Waals surface area contributed by atoms with Gasteiger partial charge >= 0.3 is 23.9 Å². The lowest BCUT2D eigenvalue weighted by atomic mass is 9.33. The number of rotatable bonds is 35. The van der Waals surface area contributed by atoms with Gasteiger partial charge in [0.05, 0.1) is 87.7 Å². The molecule has 5 aliphatic carbocycles. The third-order valence-corrected chi connectivity index (χ3v) is 33.6. The van der Waals surface area contributed by atoms with Crippen LogP contribution in [0.1, 0.15) is 185 Å². The zero-order valence-electron chi connectivity index (χ0n) is 79.7. The number of allylic oxidation sites excluding steroid dienone is 2. The molecule has 4 saturated carbocycles. The van der Waals surface area contributed by atoms with Gasteiger partial charge in [-0.25, -0.2) is 4.79 Å².